The predicted octanol–water partition coefficient (Wildman–Crippen LogP) is -4.13. The lowest BCUT2D eigenvalue weighted by Gasteiger charge is -2.28. The van der Waals surface area contributed by atoms with Gasteiger partial charge in [-0.3, -0.25) is 4.79 Å². The number of aliphatic hydroxyl groups excluding tert-OH is 6. The van der Waals surface area contributed by atoms with Gasteiger partial charge >= 0.3 is 0 Å². The zero-order chi connectivity index (χ0) is 13.4. The van der Waals surface area contributed by atoms with Crippen LogP contribution in [0.3, 0.4) is 0 Å². The van der Waals surface area contributed by atoms with Crippen molar-refractivity contribution >= 4 is 6.41 Å². The number of aliphatic hydroxyl groups is 6. The molecule has 6 N–H and O–H groups in total. The molecule has 4 atom stereocenters. The lowest BCUT2D eigenvalue weighted by atomic mass is 10.0. The van der Waals surface area contributed by atoms with Crippen LogP contribution in [0.25, 0.3) is 0 Å². The summed E-state index contributed by atoms with van der Waals surface area (Å²) in [6.45, 7) is -1.39. The molecule has 17 heavy (non-hydrogen) atoms. The molecule has 0 saturated carbocycles. The lowest BCUT2D eigenvalue weighted by Crippen LogP contribution is -2.49. The van der Waals surface area contributed by atoms with Gasteiger partial charge < -0.3 is 35.5 Å². The quantitative estimate of drug-likeness (QED) is 0.229. The third kappa shape index (κ3) is 5.39. The van der Waals surface area contributed by atoms with Gasteiger partial charge in [0.25, 0.3) is 0 Å². The van der Waals surface area contributed by atoms with Gasteiger partial charge in [-0.15, -0.1) is 0 Å². The molecular formula is C9H19NO7. The van der Waals surface area contributed by atoms with Crippen LogP contribution < -0.4 is 0 Å². The van der Waals surface area contributed by atoms with E-state index in [4.69, 9.17) is 15.3 Å². The Balaban J connectivity index is 4.28. The molecule has 0 aromatic rings. The first-order valence-electron chi connectivity index (χ1n) is 5.11. The fraction of sp³-hybridized carbons (Fsp3) is 0.889. The minimum atomic E-state index is -1.72. The Kier molecular flexibility index (Phi) is 7.96. The molecule has 0 rings (SSSR count). The molecule has 0 aliphatic heterocycles. The summed E-state index contributed by atoms with van der Waals surface area (Å²) in [4.78, 5) is 11.5. The van der Waals surface area contributed by atoms with Crippen LogP contribution in [0.2, 0.25) is 0 Å². The number of carbonyl (C=O) groups excluding carboxylic acids is 1. The SMILES string of the molecule is O=CN(CCO)C[C@H](O)[C@@H](O)[C@H](O)[C@H](O)CO. The molecule has 0 fully saturated rings. The highest BCUT2D eigenvalue weighted by atomic mass is 16.4. The number of nitrogens with zero attached hydrogens (tertiary/aromatic N) is 1. The second-order valence-electron chi connectivity index (χ2n) is 3.62. The van der Waals surface area contributed by atoms with Crippen molar-refractivity contribution in [1.82, 2.24) is 4.90 Å². The van der Waals surface area contributed by atoms with E-state index in [-0.39, 0.29) is 19.7 Å². The van der Waals surface area contributed by atoms with Crippen LogP contribution >= 0.6 is 0 Å². The Labute approximate surface area is 98.3 Å². The van der Waals surface area contributed by atoms with Crippen LogP contribution in [0.4, 0.5) is 0 Å². The molecule has 0 unspecified atom stereocenters. The van der Waals surface area contributed by atoms with Crippen molar-refractivity contribution in [2.45, 2.75) is 24.4 Å². The Hall–Kier alpha value is -0.770. The maximum atomic E-state index is 10.5. The van der Waals surface area contributed by atoms with Crippen molar-refractivity contribution < 1.29 is 35.4 Å². The predicted molar refractivity (Wildman–Crippen MR) is 55.8 cm³/mol. The first-order chi connectivity index (χ1) is 7.97. The lowest BCUT2D eigenvalue weighted by molar-refractivity contribution is -0.130. The zero-order valence-electron chi connectivity index (χ0n) is 9.25. The van der Waals surface area contributed by atoms with Crippen molar-refractivity contribution in [1.29, 1.82) is 0 Å². The number of hydrogen-bond donors (Lipinski definition) is 6. The monoisotopic (exact) mass is 253 g/mol. The molecular weight excluding hydrogens is 234 g/mol. The van der Waals surface area contributed by atoms with E-state index in [1.54, 1.807) is 0 Å². The van der Waals surface area contributed by atoms with E-state index in [2.05, 4.69) is 0 Å². The maximum Gasteiger partial charge on any atom is 0.209 e. The second-order valence-corrected chi connectivity index (χ2v) is 3.62. The van der Waals surface area contributed by atoms with Gasteiger partial charge in [-0.25, -0.2) is 0 Å². The zero-order valence-corrected chi connectivity index (χ0v) is 9.25. The van der Waals surface area contributed by atoms with Gasteiger partial charge in [-0.05, 0) is 0 Å². The van der Waals surface area contributed by atoms with Crippen molar-refractivity contribution in [3.8, 4) is 0 Å². The third-order valence-corrected chi connectivity index (χ3v) is 2.28. The summed E-state index contributed by atoms with van der Waals surface area (Å²) in [7, 11) is 0. The molecule has 8 nitrogen and oxygen atoms in total. The molecule has 1 amide bonds. The van der Waals surface area contributed by atoms with Crippen LogP contribution in [-0.4, -0.2) is 92.7 Å². The van der Waals surface area contributed by atoms with E-state index in [0.29, 0.717) is 6.41 Å². The maximum absolute atomic E-state index is 10.5. The van der Waals surface area contributed by atoms with Crippen molar-refractivity contribution in [3.63, 3.8) is 0 Å². The van der Waals surface area contributed by atoms with Gasteiger partial charge in [0.2, 0.25) is 6.41 Å². The molecule has 0 heterocycles. The van der Waals surface area contributed by atoms with Crippen LogP contribution in [0.15, 0.2) is 0 Å². The highest BCUT2D eigenvalue weighted by molar-refractivity contribution is 5.46. The number of rotatable bonds is 9. The summed E-state index contributed by atoms with van der Waals surface area (Å²) in [5.41, 5.74) is 0. The Morgan fingerprint density at radius 2 is 1.53 bits per heavy atom. The largest absolute Gasteiger partial charge is 0.395 e. The standard InChI is InChI=1S/C9H19NO7/c11-2-1-10(5-13)3-6(14)8(16)9(17)7(15)4-12/h5-9,11-12,14-17H,1-4H2/t6-,7+,8+,9+/m0/s1. The molecule has 0 spiro atoms. The molecule has 0 aliphatic rings. The topological polar surface area (TPSA) is 142 Å². The molecule has 0 aliphatic carbocycles. The van der Waals surface area contributed by atoms with Gasteiger partial charge in [0, 0.05) is 13.1 Å². The smallest absolute Gasteiger partial charge is 0.209 e. The van der Waals surface area contributed by atoms with Gasteiger partial charge in [0.1, 0.15) is 24.4 Å². The van der Waals surface area contributed by atoms with E-state index < -0.39 is 31.0 Å². The number of carbonyl (C=O) groups is 1. The van der Waals surface area contributed by atoms with E-state index in [1.807, 2.05) is 0 Å². The molecule has 102 valence electrons. The normalized spacial score (nSPS) is 18.2. The summed E-state index contributed by atoms with van der Waals surface area (Å²) in [6.07, 6.45) is -6.14. The van der Waals surface area contributed by atoms with Crippen molar-refractivity contribution in [2.24, 2.45) is 0 Å². The van der Waals surface area contributed by atoms with Gasteiger partial charge in [0.05, 0.1) is 13.2 Å². The average molecular weight is 253 g/mol. The van der Waals surface area contributed by atoms with E-state index in [9.17, 15) is 20.1 Å². The van der Waals surface area contributed by atoms with Crippen molar-refractivity contribution in [3.05, 3.63) is 0 Å². The third-order valence-electron chi connectivity index (χ3n) is 2.28. The summed E-state index contributed by atoms with van der Waals surface area (Å²) in [5, 5.41) is 54.4. The fourth-order valence-corrected chi connectivity index (χ4v) is 1.23. The first kappa shape index (κ1) is 16.2. The molecule has 0 radical (unpaired) electrons. The van der Waals surface area contributed by atoms with Crippen LogP contribution in [-0.2, 0) is 4.79 Å². The highest BCUT2D eigenvalue weighted by Crippen LogP contribution is 2.06. The Bertz CT molecular complexity index is 216. The van der Waals surface area contributed by atoms with Gasteiger partial charge in [-0.2, -0.15) is 0 Å². The summed E-state index contributed by atoms with van der Waals surface area (Å²) in [6, 6.07) is 0. The molecule has 0 saturated heterocycles. The van der Waals surface area contributed by atoms with Crippen LogP contribution in [0, 0.1) is 0 Å². The molecule has 0 aromatic heterocycles. The number of amides is 1. The number of hydrogen-bond acceptors (Lipinski definition) is 7. The molecule has 0 aromatic carbocycles. The first-order valence-corrected chi connectivity index (χ1v) is 5.11. The highest BCUT2D eigenvalue weighted by Gasteiger charge is 2.30. The summed E-state index contributed by atoms with van der Waals surface area (Å²) >= 11 is 0. The van der Waals surface area contributed by atoms with E-state index >= 15 is 0 Å². The summed E-state index contributed by atoms with van der Waals surface area (Å²) in [5.74, 6) is 0. The minimum Gasteiger partial charge on any atom is -0.395 e. The van der Waals surface area contributed by atoms with Crippen molar-refractivity contribution in [2.75, 3.05) is 26.3 Å². The fourth-order valence-electron chi connectivity index (χ4n) is 1.23. The molecule has 8 heteroatoms. The van der Waals surface area contributed by atoms with E-state index in [0.717, 1.165) is 4.90 Å². The Morgan fingerprint density at radius 1 is 1.00 bits per heavy atom. The van der Waals surface area contributed by atoms with E-state index in [1.165, 1.54) is 0 Å². The molecule has 0 bridgehead atoms. The minimum absolute atomic E-state index is 0.0219. The van der Waals surface area contributed by atoms with Gasteiger partial charge in [0.15, 0.2) is 0 Å². The summed E-state index contributed by atoms with van der Waals surface area (Å²) < 4.78 is 0. The second kappa shape index (κ2) is 8.34. The van der Waals surface area contributed by atoms with Crippen LogP contribution in [0.5, 0.6) is 0 Å². The van der Waals surface area contributed by atoms with Gasteiger partial charge in [-0.1, -0.05) is 0 Å². The average Bonchev–Trinajstić information content (AvgIpc) is 2.35. The Morgan fingerprint density at radius 3 is 1.94 bits per heavy atom. The van der Waals surface area contributed by atoms with Crippen LogP contribution in [0.1, 0.15) is 0 Å².